The van der Waals surface area contributed by atoms with Crippen LogP contribution in [0.1, 0.15) is 0 Å². The normalized spacial score (nSPS) is 19.1. The van der Waals surface area contributed by atoms with E-state index in [1.165, 1.54) is 0 Å². The predicted octanol–water partition coefficient (Wildman–Crippen LogP) is -0.741. The number of hydrogen-bond acceptors (Lipinski definition) is 5. The van der Waals surface area contributed by atoms with E-state index in [2.05, 4.69) is 16.8 Å². The first kappa shape index (κ1) is 13.9. The highest BCUT2D eigenvalue weighted by atomic mass is 16.5. The zero-order valence-corrected chi connectivity index (χ0v) is 10.2. The van der Waals surface area contributed by atoms with Crippen molar-refractivity contribution in [2.45, 2.75) is 0 Å². The molecule has 16 heavy (non-hydrogen) atoms. The van der Waals surface area contributed by atoms with Gasteiger partial charge in [-0.2, -0.15) is 0 Å². The van der Waals surface area contributed by atoms with Crippen LogP contribution in [0.25, 0.3) is 0 Å². The van der Waals surface area contributed by atoms with E-state index in [4.69, 9.17) is 14.6 Å². The van der Waals surface area contributed by atoms with Gasteiger partial charge >= 0.3 is 0 Å². The fraction of sp³-hybridized carbons (Fsp3) is 1.00. The van der Waals surface area contributed by atoms with Crippen LogP contribution < -0.4 is 0 Å². The van der Waals surface area contributed by atoms with Gasteiger partial charge in [0.1, 0.15) is 0 Å². The largest absolute Gasteiger partial charge is 0.394 e. The Hall–Kier alpha value is -0.200. The highest BCUT2D eigenvalue weighted by molar-refractivity contribution is 4.68. The highest BCUT2D eigenvalue weighted by Crippen LogP contribution is 1.98. The lowest BCUT2D eigenvalue weighted by Crippen LogP contribution is -2.45. The molecule has 5 nitrogen and oxygen atoms in total. The summed E-state index contributed by atoms with van der Waals surface area (Å²) in [4.78, 5) is 4.77. The van der Waals surface area contributed by atoms with Crippen LogP contribution in [0.5, 0.6) is 0 Å². The van der Waals surface area contributed by atoms with Crippen molar-refractivity contribution < 1.29 is 14.6 Å². The maximum atomic E-state index is 8.48. The maximum Gasteiger partial charge on any atom is 0.0701 e. The lowest BCUT2D eigenvalue weighted by molar-refractivity contribution is 0.0228. The molecule has 96 valence electrons. The summed E-state index contributed by atoms with van der Waals surface area (Å²) < 4.78 is 10.5. The van der Waals surface area contributed by atoms with Gasteiger partial charge in [-0.3, -0.25) is 4.90 Å². The lowest BCUT2D eigenvalue weighted by Gasteiger charge is -2.32. The maximum absolute atomic E-state index is 8.48. The SMILES string of the molecule is CN1CCN(CCOCCOCCO)CC1. The number of hydrogen-bond donors (Lipinski definition) is 1. The second-order valence-electron chi connectivity index (χ2n) is 4.09. The third kappa shape index (κ3) is 6.40. The van der Waals surface area contributed by atoms with Gasteiger partial charge in [-0.25, -0.2) is 0 Å². The molecule has 5 heteroatoms. The minimum Gasteiger partial charge on any atom is -0.394 e. The Kier molecular flexibility index (Phi) is 7.71. The third-order valence-corrected chi connectivity index (χ3v) is 2.76. The van der Waals surface area contributed by atoms with Gasteiger partial charge in [0.15, 0.2) is 0 Å². The summed E-state index contributed by atoms with van der Waals surface area (Å²) in [7, 11) is 2.16. The summed E-state index contributed by atoms with van der Waals surface area (Å²) in [6.07, 6.45) is 0. The van der Waals surface area contributed by atoms with Crippen LogP contribution in [0.3, 0.4) is 0 Å². The van der Waals surface area contributed by atoms with Gasteiger partial charge in [-0.15, -0.1) is 0 Å². The fourth-order valence-corrected chi connectivity index (χ4v) is 1.65. The molecule has 1 N–H and O–H groups in total. The zero-order valence-electron chi connectivity index (χ0n) is 10.2. The number of nitrogens with zero attached hydrogens (tertiary/aromatic N) is 2. The number of likely N-dealkylation sites (N-methyl/N-ethyl adjacent to an activating group) is 1. The smallest absolute Gasteiger partial charge is 0.0701 e. The van der Waals surface area contributed by atoms with E-state index in [1.54, 1.807) is 0 Å². The Balaban J connectivity index is 1.84. The number of rotatable bonds is 8. The summed E-state index contributed by atoms with van der Waals surface area (Å²) in [5.74, 6) is 0. The number of aliphatic hydroxyl groups is 1. The second kappa shape index (κ2) is 8.90. The van der Waals surface area contributed by atoms with Crippen LogP contribution >= 0.6 is 0 Å². The van der Waals surface area contributed by atoms with Crippen molar-refractivity contribution in [2.24, 2.45) is 0 Å². The molecule has 1 aliphatic rings. The van der Waals surface area contributed by atoms with E-state index in [1.807, 2.05) is 0 Å². The van der Waals surface area contributed by atoms with Crippen LogP contribution in [-0.4, -0.2) is 87.7 Å². The molecule has 1 aliphatic heterocycles. The van der Waals surface area contributed by atoms with E-state index in [9.17, 15) is 0 Å². The molecule has 0 aromatic carbocycles. The van der Waals surface area contributed by atoms with E-state index < -0.39 is 0 Å². The van der Waals surface area contributed by atoms with Gasteiger partial charge < -0.3 is 19.5 Å². The van der Waals surface area contributed by atoms with Crippen molar-refractivity contribution in [3.05, 3.63) is 0 Å². The van der Waals surface area contributed by atoms with Crippen LogP contribution in [0.4, 0.5) is 0 Å². The predicted molar refractivity (Wildman–Crippen MR) is 62.7 cm³/mol. The van der Waals surface area contributed by atoms with Gasteiger partial charge in [0.25, 0.3) is 0 Å². The summed E-state index contributed by atoms with van der Waals surface area (Å²) in [6.45, 7) is 8.04. The molecule has 0 aliphatic carbocycles. The third-order valence-electron chi connectivity index (χ3n) is 2.76. The summed E-state index contributed by atoms with van der Waals surface area (Å²) in [5.41, 5.74) is 0. The molecule has 0 bridgehead atoms. The minimum atomic E-state index is 0.0846. The molecule has 1 heterocycles. The number of aliphatic hydroxyl groups excluding tert-OH is 1. The molecular weight excluding hydrogens is 208 g/mol. The van der Waals surface area contributed by atoms with Gasteiger partial charge in [-0.1, -0.05) is 0 Å². The standard InChI is InChI=1S/C11H24N2O3/c1-12-2-4-13(5-3-12)6-8-15-10-11-16-9-7-14/h14H,2-11H2,1H3. The van der Waals surface area contributed by atoms with Gasteiger partial charge in [0.05, 0.1) is 33.0 Å². The second-order valence-corrected chi connectivity index (χ2v) is 4.09. The minimum absolute atomic E-state index is 0.0846. The molecule has 0 aromatic heterocycles. The summed E-state index contributed by atoms with van der Waals surface area (Å²) >= 11 is 0. The molecule has 0 spiro atoms. The van der Waals surface area contributed by atoms with Gasteiger partial charge in [0.2, 0.25) is 0 Å². The van der Waals surface area contributed by atoms with E-state index >= 15 is 0 Å². The van der Waals surface area contributed by atoms with Crippen molar-refractivity contribution >= 4 is 0 Å². The molecule has 0 atom stereocenters. The Morgan fingerprint density at radius 2 is 1.56 bits per heavy atom. The van der Waals surface area contributed by atoms with E-state index in [0.29, 0.717) is 19.8 Å². The summed E-state index contributed by atoms with van der Waals surface area (Å²) in [5, 5.41) is 8.48. The summed E-state index contributed by atoms with van der Waals surface area (Å²) in [6, 6.07) is 0. The molecule has 0 aromatic rings. The Labute approximate surface area is 97.9 Å². The van der Waals surface area contributed by atoms with Crippen molar-refractivity contribution in [3.63, 3.8) is 0 Å². The van der Waals surface area contributed by atoms with Crippen molar-refractivity contribution in [3.8, 4) is 0 Å². The lowest BCUT2D eigenvalue weighted by atomic mass is 10.3. The molecule has 0 amide bonds. The zero-order chi connectivity index (χ0) is 11.6. The van der Waals surface area contributed by atoms with Crippen molar-refractivity contribution in [1.29, 1.82) is 0 Å². The topological polar surface area (TPSA) is 45.2 Å². The van der Waals surface area contributed by atoms with Crippen molar-refractivity contribution in [2.75, 3.05) is 72.8 Å². The van der Waals surface area contributed by atoms with E-state index in [-0.39, 0.29) is 6.61 Å². The molecule has 1 saturated heterocycles. The van der Waals surface area contributed by atoms with Crippen LogP contribution in [0.2, 0.25) is 0 Å². The molecule has 0 radical (unpaired) electrons. The van der Waals surface area contributed by atoms with Gasteiger partial charge in [0, 0.05) is 32.7 Å². The van der Waals surface area contributed by atoms with E-state index in [0.717, 1.165) is 39.3 Å². The Bertz CT molecular complexity index is 161. The monoisotopic (exact) mass is 232 g/mol. The molecule has 0 saturated carbocycles. The molecule has 1 rings (SSSR count). The first-order valence-corrected chi connectivity index (χ1v) is 6.00. The molecular formula is C11H24N2O3. The first-order chi connectivity index (χ1) is 7.83. The number of ether oxygens (including phenoxy) is 2. The van der Waals surface area contributed by atoms with Crippen LogP contribution in [0, 0.1) is 0 Å². The van der Waals surface area contributed by atoms with Crippen LogP contribution in [0.15, 0.2) is 0 Å². The molecule has 1 fully saturated rings. The quantitative estimate of drug-likeness (QED) is 0.558. The highest BCUT2D eigenvalue weighted by Gasteiger charge is 2.12. The Morgan fingerprint density at radius 1 is 0.938 bits per heavy atom. The molecule has 0 unspecified atom stereocenters. The van der Waals surface area contributed by atoms with Crippen LogP contribution in [-0.2, 0) is 9.47 Å². The first-order valence-electron chi connectivity index (χ1n) is 6.00. The average Bonchev–Trinajstić information content (AvgIpc) is 2.30. The fourth-order valence-electron chi connectivity index (χ4n) is 1.65. The van der Waals surface area contributed by atoms with Gasteiger partial charge in [-0.05, 0) is 7.05 Å². The Morgan fingerprint density at radius 3 is 2.19 bits per heavy atom. The number of piperazine rings is 1. The van der Waals surface area contributed by atoms with Crippen molar-refractivity contribution in [1.82, 2.24) is 9.80 Å². The average molecular weight is 232 g/mol.